The zero-order valence-electron chi connectivity index (χ0n) is 10.7. The summed E-state index contributed by atoms with van der Waals surface area (Å²) in [5, 5.41) is 4.38. The van der Waals surface area contributed by atoms with E-state index in [1.54, 1.807) is 0 Å². The van der Waals surface area contributed by atoms with Crippen LogP contribution < -0.4 is 5.32 Å². The highest BCUT2D eigenvalue weighted by Crippen LogP contribution is 2.36. The van der Waals surface area contributed by atoms with Gasteiger partial charge in [-0.15, -0.1) is 11.8 Å². The quantitative estimate of drug-likeness (QED) is 0.902. The maximum Gasteiger partial charge on any atom is 0.0469 e. The van der Waals surface area contributed by atoms with Crippen LogP contribution in [0.25, 0.3) is 0 Å². The SMILES string of the molecule is c1ccc2c(c1)CC(CNCC1CCOCC1)S2. The van der Waals surface area contributed by atoms with Gasteiger partial charge in [0.15, 0.2) is 0 Å². The number of hydrogen-bond donors (Lipinski definition) is 1. The van der Waals surface area contributed by atoms with Crippen LogP contribution in [0, 0.1) is 5.92 Å². The van der Waals surface area contributed by atoms with Crippen LogP contribution in [-0.2, 0) is 11.2 Å². The van der Waals surface area contributed by atoms with Gasteiger partial charge >= 0.3 is 0 Å². The van der Waals surface area contributed by atoms with Crippen molar-refractivity contribution >= 4 is 11.8 Å². The highest BCUT2D eigenvalue weighted by Gasteiger charge is 2.21. The number of hydrogen-bond acceptors (Lipinski definition) is 3. The van der Waals surface area contributed by atoms with E-state index in [9.17, 15) is 0 Å². The molecule has 0 aliphatic carbocycles. The van der Waals surface area contributed by atoms with Gasteiger partial charge in [-0.05, 0) is 43.4 Å². The normalized spacial score (nSPS) is 24.1. The second kappa shape index (κ2) is 6.09. The van der Waals surface area contributed by atoms with Gasteiger partial charge in [-0.25, -0.2) is 0 Å². The fraction of sp³-hybridized carbons (Fsp3) is 0.600. The van der Waals surface area contributed by atoms with E-state index in [2.05, 4.69) is 29.6 Å². The fourth-order valence-electron chi connectivity index (χ4n) is 2.77. The van der Waals surface area contributed by atoms with Gasteiger partial charge in [0.05, 0.1) is 0 Å². The van der Waals surface area contributed by atoms with Gasteiger partial charge in [0, 0.05) is 29.9 Å². The third-order valence-corrected chi connectivity index (χ3v) is 5.18. The summed E-state index contributed by atoms with van der Waals surface area (Å²) in [5.41, 5.74) is 1.53. The number of nitrogens with one attached hydrogen (secondary N) is 1. The summed E-state index contributed by atoms with van der Waals surface area (Å²) < 4.78 is 5.39. The first-order valence-corrected chi connectivity index (χ1v) is 7.83. The lowest BCUT2D eigenvalue weighted by atomic mass is 10.0. The van der Waals surface area contributed by atoms with E-state index in [0.717, 1.165) is 37.5 Å². The Labute approximate surface area is 113 Å². The standard InChI is InChI=1S/C15H21NOS/c1-2-4-15-13(3-1)9-14(18-15)11-16-10-12-5-7-17-8-6-12/h1-4,12,14,16H,5-11H2. The van der Waals surface area contributed by atoms with Gasteiger partial charge in [0.2, 0.25) is 0 Å². The van der Waals surface area contributed by atoms with Gasteiger partial charge in [0.25, 0.3) is 0 Å². The largest absolute Gasteiger partial charge is 0.381 e. The summed E-state index contributed by atoms with van der Waals surface area (Å²) >= 11 is 2.04. The molecule has 0 aromatic heterocycles. The predicted octanol–water partition coefficient (Wildman–Crippen LogP) is 2.72. The van der Waals surface area contributed by atoms with Crippen LogP contribution in [0.4, 0.5) is 0 Å². The van der Waals surface area contributed by atoms with Crippen molar-refractivity contribution in [2.24, 2.45) is 5.92 Å². The summed E-state index contributed by atoms with van der Waals surface area (Å²) in [6, 6.07) is 8.81. The molecular formula is C15H21NOS. The molecule has 0 bridgehead atoms. The molecule has 1 atom stereocenters. The van der Waals surface area contributed by atoms with Crippen molar-refractivity contribution in [2.75, 3.05) is 26.3 Å². The molecule has 1 fully saturated rings. The molecule has 3 heteroatoms. The van der Waals surface area contributed by atoms with Crippen molar-refractivity contribution in [3.05, 3.63) is 29.8 Å². The van der Waals surface area contributed by atoms with E-state index in [-0.39, 0.29) is 0 Å². The Bertz CT molecular complexity index is 365. The Balaban J connectivity index is 1.40. The molecule has 1 saturated heterocycles. The zero-order chi connectivity index (χ0) is 12.2. The first kappa shape index (κ1) is 12.5. The second-order valence-corrected chi connectivity index (χ2v) is 6.61. The third kappa shape index (κ3) is 3.08. The second-order valence-electron chi connectivity index (χ2n) is 5.27. The molecule has 0 radical (unpaired) electrons. The Kier molecular flexibility index (Phi) is 4.24. The Morgan fingerprint density at radius 2 is 2.00 bits per heavy atom. The van der Waals surface area contributed by atoms with E-state index in [1.807, 2.05) is 11.8 Å². The van der Waals surface area contributed by atoms with Crippen LogP contribution in [0.3, 0.4) is 0 Å². The molecule has 1 aromatic rings. The molecule has 1 aromatic carbocycles. The highest BCUT2D eigenvalue weighted by atomic mass is 32.2. The van der Waals surface area contributed by atoms with Crippen molar-refractivity contribution in [3.8, 4) is 0 Å². The number of thioether (sulfide) groups is 1. The lowest BCUT2D eigenvalue weighted by Gasteiger charge is -2.22. The molecule has 18 heavy (non-hydrogen) atoms. The van der Waals surface area contributed by atoms with E-state index in [1.165, 1.54) is 29.7 Å². The molecule has 1 unspecified atom stereocenters. The van der Waals surface area contributed by atoms with Gasteiger partial charge in [-0.3, -0.25) is 0 Å². The van der Waals surface area contributed by atoms with Crippen molar-refractivity contribution < 1.29 is 4.74 Å². The van der Waals surface area contributed by atoms with Crippen molar-refractivity contribution in [1.82, 2.24) is 5.32 Å². The monoisotopic (exact) mass is 263 g/mol. The smallest absolute Gasteiger partial charge is 0.0469 e. The lowest BCUT2D eigenvalue weighted by Crippen LogP contribution is -2.32. The molecule has 0 amide bonds. The average molecular weight is 263 g/mol. The van der Waals surface area contributed by atoms with Crippen LogP contribution in [0.2, 0.25) is 0 Å². The number of ether oxygens (including phenoxy) is 1. The third-order valence-electron chi connectivity index (χ3n) is 3.86. The van der Waals surface area contributed by atoms with E-state index < -0.39 is 0 Å². The lowest BCUT2D eigenvalue weighted by molar-refractivity contribution is 0.0664. The van der Waals surface area contributed by atoms with E-state index in [4.69, 9.17) is 4.74 Å². The molecule has 2 aliphatic heterocycles. The summed E-state index contributed by atoms with van der Waals surface area (Å²) in [4.78, 5) is 1.48. The van der Waals surface area contributed by atoms with Crippen LogP contribution >= 0.6 is 11.8 Å². The molecule has 2 heterocycles. The first-order chi connectivity index (χ1) is 8.92. The van der Waals surface area contributed by atoms with Crippen molar-refractivity contribution in [1.29, 1.82) is 0 Å². The Morgan fingerprint density at radius 1 is 1.17 bits per heavy atom. The summed E-state index contributed by atoms with van der Waals surface area (Å²) in [7, 11) is 0. The molecule has 2 aliphatic rings. The van der Waals surface area contributed by atoms with E-state index in [0.29, 0.717) is 0 Å². The fourth-order valence-corrected chi connectivity index (χ4v) is 4.05. The molecule has 0 spiro atoms. The van der Waals surface area contributed by atoms with Crippen LogP contribution in [-0.4, -0.2) is 31.6 Å². The first-order valence-electron chi connectivity index (χ1n) is 6.95. The van der Waals surface area contributed by atoms with Crippen LogP contribution in [0.5, 0.6) is 0 Å². The highest BCUT2D eigenvalue weighted by molar-refractivity contribution is 8.00. The minimum Gasteiger partial charge on any atom is -0.381 e. The summed E-state index contributed by atoms with van der Waals surface area (Å²) in [6.45, 7) is 4.21. The molecule has 3 rings (SSSR count). The number of benzene rings is 1. The van der Waals surface area contributed by atoms with Gasteiger partial charge in [0.1, 0.15) is 0 Å². The van der Waals surface area contributed by atoms with Crippen LogP contribution in [0.1, 0.15) is 18.4 Å². The molecule has 0 saturated carbocycles. The summed E-state index contributed by atoms with van der Waals surface area (Å²) in [6.07, 6.45) is 3.68. The number of rotatable bonds is 4. The van der Waals surface area contributed by atoms with Crippen LogP contribution in [0.15, 0.2) is 29.2 Å². The average Bonchev–Trinajstić information content (AvgIpc) is 2.82. The maximum atomic E-state index is 5.39. The van der Waals surface area contributed by atoms with Crippen molar-refractivity contribution in [3.63, 3.8) is 0 Å². The van der Waals surface area contributed by atoms with Gasteiger partial charge in [-0.2, -0.15) is 0 Å². The van der Waals surface area contributed by atoms with Gasteiger partial charge < -0.3 is 10.1 Å². The number of fused-ring (bicyclic) bond motifs is 1. The minimum absolute atomic E-state index is 0.724. The Morgan fingerprint density at radius 3 is 2.83 bits per heavy atom. The topological polar surface area (TPSA) is 21.3 Å². The molecule has 98 valence electrons. The zero-order valence-corrected chi connectivity index (χ0v) is 11.5. The Hall–Kier alpha value is -0.510. The van der Waals surface area contributed by atoms with E-state index >= 15 is 0 Å². The maximum absolute atomic E-state index is 5.39. The molecular weight excluding hydrogens is 242 g/mol. The minimum atomic E-state index is 0.724. The van der Waals surface area contributed by atoms with Crippen molar-refractivity contribution in [2.45, 2.75) is 29.4 Å². The van der Waals surface area contributed by atoms with Gasteiger partial charge in [-0.1, -0.05) is 18.2 Å². The molecule has 2 nitrogen and oxygen atoms in total. The predicted molar refractivity (Wildman–Crippen MR) is 76.2 cm³/mol. The summed E-state index contributed by atoms with van der Waals surface area (Å²) in [5.74, 6) is 0.826. The molecule has 1 N–H and O–H groups in total.